The molecule has 4 fully saturated rings. The van der Waals surface area contributed by atoms with Crippen molar-refractivity contribution in [2.45, 2.75) is 164 Å². The van der Waals surface area contributed by atoms with Gasteiger partial charge in [0, 0.05) is 31.8 Å². The second kappa shape index (κ2) is 15.9. The van der Waals surface area contributed by atoms with Crippen LogP contribution in [0.5, 0.6) is 0 Å². The molecule has 0 atom stereocenters. The summed E-state index contributed by atoms with van der Waals surface area (Å²) in [5.41, 5.74) is -0.225. The maximum atomic E-state index is 5.91. The van der Waals surface area contributed by atoms with E-state index in [0.29, 0.717) is 0 Å². The molecular formula is C32H68B4O8. The highest BCUT2D eigenvalue weighted by atomic mass is 16.7. The minimum absolute atomic E-state index is 0.00116. The molecule has 4 aliphatic heterocycles. The zero-order chi connectivity index (χ0) is 34.4. The number of rotatable bonds is 0. The summed E-state index contributed by atoms with van der Waals surface area (Å²) in [5.74, 6) is 0. The Labute approximate surface area is 274 Å². The lowest BCUT2D eigenvalue weighted by molar-refractivity contribution is 0.00578. The summed E-state index contributed by atoms with van der Waals surface area (Å²) in [4.78, 5) is 0. The molecule has 0 aliphatic carbocycles. The lowest BCUT2D eigenvalue weighted by Gasteiger charge is -2.37. The van der Waals surface area contributed by atoms with E-state index in [4.69, 9.17) is 37.2 Å². The molecule has 4 aliphatic rings. The van der Waals surface area contributed by atoms with Gasteiger partial charge in [-0.15, -0.1) is 0 Å². The van der Waals surface area contributed by atoms with Gasteiger partial charge in [0.2, 0.25) is 0 Å². The highest BCUT2D eigenvalue weighted by Crippen LogP contribution is 2.44. The molecule has 0 amide bonds. The molecule has 8 nitrogen and oxygen atoms in total. The summed E-state index contributed by atoms with van der Waals surface area (Å²) >= 11 is 0. The molecule has 12 heteroatoms. The Balaban J connectivity index is 0.000000296. The van der Waals surface area contributed by atoms with Gasteiger partial charge in [0.15, 0.2) is 0 Å². The van der Waals surface area contributed by atoms with Crippen LogP contribution in [0.4, 0.5) is 0 Å². The molecule has 0 saturated carbocycles. The summed E-state index contributed by atoms with van der Waals surface area (Å²) in [6, 6.07) is 0. The highest BCUT2D eigenvalue weighted by molar-refractivity contribution is 6.49. The van der Waals surface area contributed by atoms with Crippen LogP contribution in [-0.2, 0) is 37.2 Å². The van der Waals surface area contributed by atoms with E-state index in [1.54, 1.807) is 0 Å². The molecule has 44 heavy (non-hydrogen) atoms. The van der Waals surface area contributed by atoms with Crippen LogP contribution in [0.2, 0.25) is 21.3 Å². The summed E-state index contributed by atoms with van der Waals surface area (Å²) in [6.07, 6.45) is 1.03. The van der Waals surface area contributed by atoms with E-state index < -0.39 is 0 Å². The van der Waals surface area contributed by atoms with Gasteiger partial charge in [0.1, 0.15) is 0 Å². The largest absolute Gasteiger partial charge is 0.463 e. The Kier molecular flexibility index (Phi) is 15.2. The van der Waals surface area contributed by atoms with E-state index in [9.17, 15) is 0 Å². The lowest BCUT2D eigenvalue weighted by atomic mass is 9.60. The van der Waals surface area contributed by atoms with E-state index >= 15 is 0 Å². The first-order valence-corrected chi connectivity index (χ1v) is 16.6. The van der Waals surface area contributed by atoms with Crippen molar-refractivity contribution < 1.29 is 37.2 Å². The zero-order valence-electron chi connectivity index (χ0n) is 32.0. The van der Waals surface area contributed by atoms with Gasteiger partial charge in [0.05, 0.1) is 24.4 Å². The smallest absolute Gasteiger partial charge is 0.411 e. The second-order valence-electron chi connectivity index (χ2n) is 18.7. The van der Waals surface area contributed by atoms with Crippen molar-refractivity contribution in [2.24, 2.45) is 5.41 Å². The molecule has 0 unspecified atom stereocenters. The van der Waals surface area contributed by atoms with Crippen molar-refractivity contribution in [3.63, 3.8) is 0 Å². The first kappa shape index (κ1) is 42.0. The third-order valence-electron chi connectivity index (χ3n) is 7.78. The predicted molar refractivity (Wildman–Crippen MR) is 186 cm³/mol. The molecule has 4 rings (SSSR count). The molecule has 0 aromatic carbocycles. The predicted octanol–water partition coefficient (Wildman–Crippen LogP) is 8.26. The molecule has 0 radical (unpaired) electrons. The molecular weight excluding hydrogens is 556 g/mol. The van der Waals surface area contributed by atoms with Crippen molar-refractivity contribution in [2.75, 3.05) is 39.6 Å². The zero-order valence-corrected chi connectivity index (χ0v) is 32.0. The fourth-order valence-corrected chi connectivity index (χ4v) is 4.24. The van der Waals surface area contributed by atoms with Crippen LogP contribution < -0.4 is 0 Å². The van der Waals surface area contributed by atoms with Crippen molar-refractivity contribution in [3.8, 4) is 0 Å². The van der Waals surface area contributed by atoms with Crippen molar-refractivity contribution in [1.29, 1.82) is 0 Å². The normalized spacial score (nSPS) is 23.6. The molecule has 0 bridgehead atoms. The summed E-state index contributed by atoms with van der Waals surface area (Å²) in [5, 5.41) is 0.401. The molecule has 256 valence electrons. The van der Waals surface area contributed by atoms with E-state index in [2.05, 4.69) is 125 Å². The summed E-state index contributed by atoms with van der Waals surface area (Å²) < 4.78 is 44.5. The van der Waals surface area contributed by atoms with Gasteiger partial charge in [-0.25, -0.2) is 0 Å². The molecule has 0 N–H and O–H groups in total. The number of hydrogen-bond acceptors (Lipinski definition) is 8. The fraction of sp³-hybridized carbons (Fsp3) is 1.00. The van der Waals surface area contributed by atoms with Crippen LogP contribution in [0.3, 0.4) is 0 Å². The summed E-state index contributed by atoms with van der Waals surface area (Å²) in [7, 11) is -0.123. The third kappa shape index (κ3) is 14.4. The van der Waals surface area contributed by atoms with Crippen molar-refractivity contribution in [3.05, 3.63) is 0 Å². The van der Waals surface area contributed by atoms with Gasteiger partial charge in [-0.2, -0.15) is 0 Å². The van der Waals surface area contributed by atoms with Crippen LogP contribution in [0.1, 0.15) is 131 Å². The Bertz CT molecular complexity index is 803. The topological polar surface area (TPSA) is 73.8 Å². The van der Waals surface area contributed by atoms with E-state index in [0.717, 1.165) is 46.1 Å². The van der Waals surface area contributed by atoms with Gasteiger partial charge in [-0.3, -0.25) is 0 Å². The van der Waals surface area contributed by atoms with Crippen LogP contribution in [0, 0.1) is 5.41 Å². The standard InChI is InChI=1S/C10H21BO2.C9H19BO2.C7H15BO2.C6H13BO2/c1-8(2,3)11-12-9(4,5)10(6,7)13-11;1-8(2,3)10-11-6-9(4,5)7-12-10;1-7(2,3)8-9-5-4-6-10-8;1-6(2,3)7-8-4-5-9-7/h1-7H3;6-7H2,1-5H3;4-6H2,1-3H3;4-5H2,1-3H3. The lowest BCUT2D eigenvalue weighted by Crippen LogP contribution is -2.45. The Hall–Kier alpha value is -0.0603. The molecule has 0 spiro atoms. The van der Waals surface area contributed by atoms with Gasteiger partial charge in [0.25, 0.3) is 0 Å². The van der Waals surface area contributed by atoms with E-state index in [-0.39, 0.29) is 66.3 Å². The molecule has 0 aromatic heterocycles. The molecule has 0 aromatic rings. The monoisotopic (exact) mass is 625 g/mol. The quantitative estimate of drug-likeness (QED) is 0.250. The van der Waals surface area contributed by atoms with Gasteiger partial charge >= 0.3 is 28.5 Å². The average Bonchev–Trinajstić information content (AvgIpc) is 3.46. The minimum Gasteiger partial charge on any atom is -0.411 e. The first-order chi connectivity index (χ1) is 19.6. The van der Waals surface area contributed by atoms with Crippen LogP contribution in [0.25, 0.3) is 0 Å². The highest BCUT2D eigenvalue weighted by Gasteiger charge is 2.55. The maximum Gasteiger partial charge on any atom is 0.463 e. The molecule has 4 heterocycles. The van der Waals surface area contributed by atoms with Crippen molar-refractivity contribution in [1.82, 2.24) is 0 Å². The minimum atomic E-state index is -0.203. The van der Waals surface area contributed by atoms with Crippen LogP contribution in [0.15, 0.2) is 0 Å². The average molecular weight is 624 g/mol. The van der Waals surface area contributed by atoms with Crippen LogP contribution >= 0.6 is 0 Å². The van der Waals surface area contributed by atoms with Gasteiger partial charge in [-0.05, 0) is 55.4 Å². The Morgan fingerprint density at radius 2 is 0.659 bits per heavy atom. The first-order valence-electron chi connectivity index (χ1n) is 16.6. The second-order valence-corrected chi connectivity index (χ2v) is 18.7. The van der Waals surface area contributed by atoms with Crippen LogP contribution in [-0.4, -0.2) is 79.3 Å². The molecule has 4 saturated heterocycles. The van der Waals surface area contributed by atoms with E-state index in [1.807, 2.05) is 0 Å². The van der Waals surface area contributed by atoms with Crippen molar-refractivity contribution >= 4 is 28.5 Å². The Morgan fingerprint density at radius 1 is 0.386 bits per heavy atom. The van der Waals surface area contributed by atoms with E-state index in [1.165, 1.54) is 0 Å². The van der Waals surface area contributed by atoms with Gasteiger partial charge in [-0.1, -0.05) is 96.9 Å². The SMILES string of the molecule is CC(C)(C)B1OC(C)(C)C(C)(C)O1.CC(C)(C)B1OCCCO1.CC(C)(C)B1OCCO1.CC1(C)COB(C(C)(C)C)OC1. The fourth-order valence-electron chi connectivity index (χ4n) is 4.24. The summed E-state index contributed by atoms with van der Waals surface area (Å²) in [6.45, 7) is 43.0. The number of hydrogen-bond donors (Lipinski definition) is 0. The maximum absolute atomic E-state index is 5.91. The van der Waals surface area contributed by atoms with Gasteiger partial charge < -0.3 is 37.2 Å². The third-order valence-corrected chi connectivity index (χ3v) is 7.78. The Morgan fingerprint density at radius 3 is 0.886 bits per heavy atom.